The summed E-state index contributed by atoms with van der Waals surface area (Å²) in [5, 5.41) is 0. The molecular weight excluding hydrogens is 338 g/mol. The Labute approximate surface area is 156 Å². The standard InChI is InChI=1S/C21H19N5O/c1-13-24-17-8-7-15(9-18(17)25-13)21(27)26-10-16(14-5-3-2-4-6-14)20-19(11-26)22-12-23-20/h2-9,12,16H,10-11H2,1H3,(H,22,23)(H,24,25). The van der Waals surface area contributed by atoms with Gasteiger partial charge < -0.3 is 14.9 Å². The van der Waals surface area contributed by atoms with E-state index >= 15 is 0 Å². The first-order valence-electron chi connectivity index (χ1n) is 9.02. The van der Waals surface area contributed by atoms with Crippen LogP contribution in [0, 0.1) is 6.92 Å². The van der Waals surface area contributed by atoms with E-state index < -0.39 is 0 Å². The summed E-state index contributed by atoms with van der Waals surface area (Å²) in [6.07, 6.45) is 1.72. The van der Waals surface area contributed by atoms with Crippen molar-refractivity contribution in [1.29, 1.82) is 0 Å². The van der Waals surface area contributed by atoms with Crippen molar-refractivity contribution in [3.8, 4) is 0 Å². The molecule has 1 amide bonds. The molecule has 1 atom stereocenters. The zero-order valence-electron chi connectivity index (χ0n) is 14.9. The Morgan fingerprint density at radius 1 is 1.19 bits per heavy atom. The second-order valence-corrected chi connectivity index (χ2v) is 6.97. The third-order valence-corrected chi connectivity index (χ3v) is 5.17. The number of H-pyrrole nitrogens is 2. The van der Waals surface area contributed by atoms with E-state index in [1.807, 2.05) is 48.2 Å². The Bertz CT molecular complexity index is 1130. The molecule has 2 aromatic heterocycles. The van der Waals surface area contributed by atoms with Crippen LogP contribution < -0.4 is 0 Å². The van der Waals surface area contributed by atoms with E-state index in [1.165, 1.54) is 5.56 Å². The first-order chi connectivity index (χ1) is 13.2. The lowest BCUT2D eigenvalue weighted by Gasteiger charge is -2.32. The third-order valence-electron chi connectivity index (χ3n) is 5.17. The second kappa shape index (κ2) is 6.09. The van der Waals surface area contributed by atoms with Gasteiger partial charge in [-0.2, -0.15) is 0 Å². The van der Waals surface area contributed by atoms with E-state index in [-0.39, 0.29) is 11.8 Å². The lowest BCUT2D eigenvalue weighted by atomic mass is 9.90. The number of nitrogens with one attached hydrogen (secondary N) is 2. The molecule has 2 aromatic carbocycles. The average Bonchev–Trinajstić information content (AvgIpc) is 3.31. The van der Waals surface area contributed by atoms with Crippen LogP contribution in [-0.2, 0) is 6.54 Å². The van der Waals surface area contributed by atoms with Gasteiger partial charge in [0.15, 0.2) is 0 Å². The average molecular weight is 357 g/mol. The van der Waals surface area contributed by atoms with Gasteiger partial charge in [-0.3, -0.25) is 4.79 Å². The molecule has 0 saturated carbocycles. The van der Waals surface area contributed by atoms with E-state index in [4.69, 9.17) is 0 Å². The quantitative estimate of drug-likeness (QED) is 0.577. The monoisotopic (exact) mass is 357 g/mol. The van der Waals surface area contributed by atoms with Crippen molar-refractivity contribution in [2.75, 3.05) is 6.54 Å². The molecule has 0 saturated heterocycles. The molecule has 134 valence electrons. The fraction of sp³-hybridized carbons (Fsp3) is 0.190. The lowest BCUT2D eigenvalue weighted by Crippen LogP contribution is -2.38. The minimum atomic E-state index is 0.0188. The summed E-state index contributed by atoms with van der Waals surface area (Å²) in [7, 11) is 0. The Hall–Kier alpha value is -3.41. The molecule has 6 heteroatoms. The zero-order valence-corrected chi connectivity index (χ0v) is 14.9. The van der Waals surface area contributed by atoms with Crippen LogP contribution in [-0.4, -0.2) is 37.3 Å². The third kappa shape index (κ3) is 2.70. The maximum absolute atomic E-state index is 13.2. The summed E-state index contributed by atoms with van der Waals surface area (Å²) >= 11 is 0. The molecule has 5 rings (SSSR count). The molecule has 4 aromatic rings. The number of aromatic amines is 2. The van der Waals surface area contributed by atoms with Crippen LogP contribution in [0.3, 0.4) is 0 Å². The number of fused-ring (bicyclic) bond motifs is 2. The maximum Gasteiger partial charge on any atom is 0.254 e. The molecule has 1 aliphatic heterocycles. The minimum Gasteiger partial charge on any atom is -0.347 e. The predicted octanol–water partition coefficient (Wildman–Crippen LogP) is 3.38. The van der Waals surface area contributed by atoms with Gasteiger partial charge in [0.25, 0.3) is 5.91 Å². The summed E-state index contributed by atoms with van der Waals surface area (Å²) < 4.78 is 0. The molecule has 1 aliphatic rings. The Morgan fingerprint density at radius 3 is 2.89 bits per heavy atom. The first kappa shape index (κ1) is 15.8. The number of nitrogens with zero attached hydrogens (tertiary/aromatic N) is 3. The molecule has 0 radical (unpaired) electrons. The van der Waals surface area contributed by atoms with Crippen LogP contribution >= 0.6 is 0 Å². The highest BCUT2D eigenvalue weighted by atomic mass is 16.2. The van der Waals surface area contributed by atoms with Crippen LogP contribution in [0.25, 0.3) is 11.0 Å². The minimum absolute atomic E-state index is 0.0188. The number of amides is 1. The van der Waals surface area contributed by atoms with Gasteiger partial charge in [0.05, 0.1) is 35.3 Å². The first-order valence-corrected chi connectivity index (χ1v) is 9.02. The van der Waals surface area contributed by atoms with E-state index in [9.17, 15) is 4.79 Å². The van der Waals surface area contributed by atoms with Crippen LogP contribution in [0.2, 0.25) is 0 Å². The molecule has 0 aliphatic carbocycles. The van der Waals surface area contributed by atoms with E-state index in [2.05, 4.69) is 32.1 Å². The van der Waals surface area contributed by atoms with Crippen molar-refractivity contribution in [1.82, 2.24) is 24.8 Å². The maximum atomic E-state index is 13.2. The molecule has 1 unspecified atom stereocenters. The molecular formula is C21H19N5O. The molecule has 0 bridgehead atoms. The molecule has 0 fully saturated rings. The van der Waals surface area contributed by atoms with Crippen LogP contribution in [0.5, 0.6) is 0 Å². The number of benzene rings is 2. The van der Waals surface area contributed by atoms with Crippen LogP contribution in [0.15, 0.2) is 54.9 Å². The highest BCUT2D eigenvalue weighted by Gasteiger charge is 2.31. The second-order valence-electron chi connectivity index (χ2n) is 6.97. The smallest absolute Gasteiger partial charge is 0.254 e. The van der Waals surface area contributed by atoms with E-state index in [0.29, 0.717) is 18.7 Å². The Balaban J connectivity index is 1.50. The molecule has 6 nitrogen and oxygen atoms in total. The fourth-order valence-corrected chi connectivity index (χ4v) is 3.88. The van der Waals surface area contributed by atoms with Gasteiger partial charge in [-0.05, 0) is 30.7 Å². The largest absolute Gasteiger partial charge is 0.347 e. The topological polar surface area (TPSA) is 77.7 Å². The number of carbonyl (C=O) groups excluding carboxylic acids is 1. The summed E-state index contributed by atoms with van der Waals surface area (Å²) in [5.41, 5.74) is 5.63. The number of carbonyl (C=O) groups is 1. The number of aryl methyl sites for hydroxylation is 1. The van der Waals surface area contributed by atoms with Crippen molar-refractivity contribution < 1.29 is 4.79 Å². The highest BCUT2D eigenvalue weighted by molar-refractivity contribution is 5.97. The van der Waals surface area contributed by atoms with Crippen molar-refractivity contribution in [2.45, 2.75) is 19.4 Å². The predicted molar refractivity (Wildman–Crippen MR) is 102 cm³/mol. The SMILES string of the molecule is Cc1nc2ccc(C(=O)N3Cc4[nH]cnc4C(c4ccccc4)C3)cc2[nH]1. The fourth-order valence-electron chi connectivity index (χ4n) is 3.88. The number of rotatable bonds is 2. The van der Waals surface area contributed by atoms with Crippen molar-refractivity contribution in [3.05, 3.63) is 83.2 Å². The number of hydrogen-bond acceptors (Lipinski definition) is 3. The zero-order chi connectivity index (χ0) is 18.4. The number of aromatic nitrogens is 4. The molecule has 2 N–H and O–H groups in total. The summed E-state index contributed by atoms with van der Waals surface area (Å²) in [5.74, 6) is 0.937. The van der Waals surface area contributed by atoms with Crippen molar-refractivity contribution in [3.63, 3.8) is 0 Å². The summed E-state index contributed by atoms with van der Waals surface area (Å²) in [6, 6.07) is 15.9. The van der Waals surface area contributed by atoms with Gasteiger partial charge in [0.1, 0.15) is 5.82 Å². The molecule has 3 heterocycles. The molecule has 0 spiro atoms. The lowest BCUT2D eigenvalue weighted by molar-refractivity contribution is 0.0722. The van der Waals surface area contributed by atoms with Gasteiger partial charge in [0, 0.05) is 18.0 Å². The van der Waals surface area contributed by atoms with E-state index in [1.54, 1.807) is 6.33 Å². The number of hydrogen-bond donors (Lipinski definition) is 2. The Kier molecular flexibility index (Phi) is 3.57. The highest BCUT2D eigenvalue weighted by Crippen LogP contribution is 2.32. The summed E-state index contributed by atoms with van der Waals surface area (Å²) in [6.45, 7) is 3.06. The van der Waals surface area contributed by atoms with Crippen LogP contribution in [0.4, 0.5) is 0 Å². The summed E-state index contributed by atoms with van der Waals surface area (Å²) in [4.78, 5) is 30.4. The van der Waals surface area contributed by atoms with Gasteiger partial charge in [0.2, 0.25) is 0 Å². The van der Waals surface area contributed by atoms with Crippen LogP contribution in [0.1, 0.15) is 39.1 Å². The van der Waals surface area contributed by atoms with Crippen molar-refractivity contribution >= 4 is 16.9 Å². The van der Waals surface area contributed by atoms with Gasteiger partial charge in [-0.15, -0.1) is 0 Å². The van der Waals surface area contributed by atoms with Gasteiger partial charge in [-0.1, -0.05) is 30.3 Å². The Morgan fingerprint density at radius 2 is 2.04 bits per heavy atom. The normalized spacial score (nSPS) is 16.5. The molecule has 27 heavy (non-hydrogen) atoms. The van der Waals surface area contributed by atoms with Crippen molar-refractivity contribution in [2.24, 2.45) is 0 Å². The van der Waals surface area contributed by atoms with Gasteiger partial charge >= 0.3 is 0 Å². The van der Waals surface area contributed by atoms with E-state index in [0.717, 1.165) is 28.2 Å². The number of imidazole rings is 2. The van der Waals surface area contributed by atoms with Gasteiger partial charge in [-0.25, -0.2) is 9.97 Å².